The van der Waals surface area contributed by atoms with E-state index in [-0.39, 0.29) is 0 Å². The van der Waals surface area contributed by atoms with Crippen molar-refractivity contribution in [2.75, 3.05) is 13.1 Å². The Morgan fingerprint density at radius 2 is 1.26 bits per heavy atom. The summed E-state index contributed by atoms with van der Waals surface area (Å²) in [5.41, 5.74) is 1.32. The van der Waals surface area contributed by atoms with E-state index < -0.39 is 0 Å². The lowest BCUT2D eigenvalue weighted by molar-refractivity contribution is 0.251. The molecule has 0 saturated heterocycles. The van der Waals surface area contributed by atoms with Crippen molar-refractivity contribution in [3.8, 4) is 0 Å². The average Bonchev–Trinajstić information content (AvgIpc) is 2.89. The van der Waals surface area contributed by atoms with Crippen LogP contribution in [-0.2, 0) is 0 Å². The van der Waals surface area contributed by atoms with E-state index >= 15 is 0 Å². The summed E-state index contributed by atoms with van der Waals surface area (Å²) in [5, 5.41) is 0. The van der Waals surface area contributed by atoms with E-state index in [1.807, 2.05) is 21.6 Å². The fourth-order valence-corrected chi connectivity index (χ4v) is 10.3. The first-order valence-corrected chi connectivity index (χ1v) is 18.6. The molecule has 0 spiro atoms. The average molecular weight is 587 g/mol. The van der Waals surface area contributed by atoms with Crippen molar-refractivity contribution in [2.45, 2.75) is 120 Å². The van der Waals surface area contributed by atoms with E-state index in [1.54, 1.807) is 21.6 Å². The molecule has 3 rings (SSSR count). The first-order valence-electron chi connectivity index (χ1n) is 13.4. The molecule has 1 aromatic carbocycles. The molecule has 0 unspecified atom stereocenters. The predicted molar refractivity (Wildman–Crippen MR) is 171 cm³/mol. The van der Waals surface area contributed by atoms with Crippen LogP contribution >= 0.6 is 67.6 Å². The minimum atomic E-state index is 0.644. The van der Waals surface area contributed by atoms with Crippen LogP contribution in [0.15, 0.2) is 28.0 Å². The van der Waals surface area contributed by atoms with Crippen molar-refractivity contribution >= 4 is 76.3 Å². The van der Waals surface area contributed by atoms with Gasteiger partial charge < -0.3 is 9.80 Å². The maximum atomic E-state index is 5.90. The molecule has 196 valence electrons. The summed E-state index contributed by atoms with van der Waals surface area (Å²) in [6.45, 7) is 8.90. The smallest absolute Gasteiger partial charge is 0.147 e. The van der Waals surface area contributed by atoms with Crippen molar-refractivity contribution in [3.05, 3.63) is 23.8 Å². The van der Waals surface area contributed by atoms with Crippen LogP contribution in [0.2, 0.25) is 0 Å². The first kappa shape index (κ1) is 29.9. The third kappa shape index (κ3) is 9.58. The highest BCUT2D eigenvalue weighted by atomic mass is 33.1. The van der Waals surface area contributed by atoms with E-state index in [4.69, 9.17) is 24.4 Å². The molecule has 0 atom stereocenters. The SMILES string of the molecule is CCCN(C(=S)SSc1ccc(SSC(=S)N(CCC)C2CCCCC2)c(C)c1)C1CCCCC1. The Kier molecular flexibility index (Phi) is 14.0. The molecule has 2 nitrogen and oxygen atoms in total. The highest BCUT2D eigenvalue weighted by Gasteiger charge is 2.24. The molecule has 2 fully saturated rings. The number of rotatable bonds is 10. The summed E-state index contributed by atoms with van der Waals surface area (Å²) >= 11 is 11.8. The summed E-state index contributed by atoms with van der Waals surface area (Å²) in [7, 11) is 7.16. The van der Waals surface area contributed by atoms with Gasteiger partial charge in [-0.2, -0.15) is 0 Å². The zero-order valence-electron chi connectivity index (χ0n) is 21.6. The largest absolute Gasteiger partial charge is 0.354 e. The third-order valence-electron chi connectivity index (χ3n) is 6.99. The number of aryl methyl sites for hydroxylation is 1. The van der Waals surface area contributed by atoms with E-state index in [9.17, 15) is 0 Å². The molecule has 2 aliphatic rings. The monoisotopic (exact) mass is 586 g/mol. The minimum absolute atomic E-state index is 0.644. The maximum absolute atomic E-state index is 5.90. The summed E-state index contributed by atoms with van der Waals surface area (Å²) in [4.78, 5) is 7.61. The standard InChI is InChI=1S/C27H42N2S6/c1-4-18-28(22-12-8-6-9-13-22)26(30)34-32-24-16-17-25(21(3)20-24)33-35-27(31)29(19-5-2)23-14-10-7-11-15-23/h16-17,20,22-23H,4-15,18-19H2,1-3H3. The number of thiocarbonyl (C=S) groups is 2. The minimum Gasteiger partial charge on any atom is -0.354 e. The highest BCUT2D eigenvalue weighted by molar-refractivity contribution is 8.84. The van der Waals surface area contributed by atoms with Crippen molar-refractivity contribution in [3.63, 3.8) is 0 Å². The number of benzene rings is 1. The lowest BCUT2D eigenvalue weighted by Gasteiger charge is -2.35. The van der Waals surface area contributed by atoms with Gasteiger partial charge in [0.2, 0.25) is 0 Å². The Bertz CT molecular complexity index is 805. The van der Waals surface area contributed by atoms with Gasteiger partial charge in [-0.05, 0) is 102 Å². The van der Waals surface area contributed by atoms with E-state index in [1.165, 1.54) is 79.6 Å². The Morgan fingerprint density at radius 1 is 0.771 bits per heavy atom. The van der Waals surface area contributed by atoms with Gasteiger partial charge in [-0.3, -0.25) is 0 Å². The number of hydrogen-bond acceptors (Lipinski definition) is 6. The Balaban J connectivity index is 1.52. The zero-order valence-corrected chi connectivity index (χ0v) is 26.5. The molecule has 0 aromatic heterocycles. The molecule has 0 radical (unpaired) electrons. The van der Waals surface area contributed by atoms with Crippen LogP contribution in [0.5, 0.6) is 0 Å². The molecule has 35 heavy (non-hydrogen) atoms. The van der Waals surface area contributed by atoms with Gasteiger partial charge in [0, 0.05) is 35.0 Å². The number of hydrogen-bond donors (Lipinski definition) is 0. The Hall–Kier alpha value is 0.400. The molecular weight excluding hydrogens is 545 g/mol. The summed E-state index contributed by atoms with van der Waals surface area (Å²) < 4.78 is 2.11. The van der Waals surface area contributed by atoms with Crippen LogP contribution in [0.3, 0.4) is 0 Å². The van der Waals surface area contributed by atoms with E-state index in [2.05, 4.69) is 48.8 Å². The molecule has 0 aliphatic heterocycles. The van der Waals surface area contributed by atoms with Gasteiger partial charge in [0.1, 0.15) is 8.64 Å². The molecule has 0 amide bonds. The second-order valence-corrected chi connectivity index (χ2v) is 15.4. The molecule has 8 heteroatoms. The van der Waals surface area contributed by atoms with E-state index in [0.29, 0.717) is 12.1 Å². The molecule has 2 aliphatic carbocycles. The van der Waals surface area contributed by atoms with Crippen molar-refractivity contribution < 1.29 is 0 Å². The van der Waals surface area contributed by atoms with Crippen molar-refractivity contribution in [2.24, 2.45) is 0 Å². The second-order valence-electron chi connectivity index (χ2n) is 9.76. The second kappa shape index (κ2) is 16.4. The Morgan fingerprint density at radius 3 is 1.71 bits per heavy atom. The molecule has 0 N–H and O–H groups in total. The van der Waals surface area contributed by atoms with Crippen LogP contribution in [0.1, 0.15) is 96.5 Å². The lowest BCUT2D eigenvalue weighted by Crippen LogP contribution is -2.39. The fraction of sp³-hybridized carbons (Fsp3) is 0.704. The van der Waals surface area contributed by atoms with Crippen molar-refractivity contribution in [1.82, 2.24) is 9.80 Å². The van der Waals surface area contributed by atoms with Gasteiger partial charge in [0.25, 0.3) is 0 Å². The van der Waals surface area contributed by atoms with Crippen molar-refractivity contribution in [1.29, 1.82) is 0 Å². The van der Waals surface area contributed by atoms with Crippen LogP contribution < -0.4 is 0 Å². The third-order valence-corrected chi connectivity index (χ3v) is 13.2. The first-order chi connectivity index (χ1) is 17.0. The van der Waals surface area contributed by atoms with Gasteiger partial charge in [0.05, 0.1) is 0 Å². The lowest BCUT2D eigenvalue weighted by atomic mass is 9.94. The molecule has 2 saturated carbocycles. The summed E-state index contributed by atoms with van der Waals surface area (Å²) in [6.07, 6.45) is 15.7. The normalized spacial score (nSPS) is 17.3. The number of nitrogens with zero attached hydrogens (tertiary/aromatic N) is 2. The van der Waals surface area contributed by atoms with Gasteiger partial charge >= 0.3 is 0 Å². The van der Waals surface area contributed by atoms with Crippen LogP contribution in [0.25, 0.3) is 0 Å². The van der Waals surface area contributed by atoms with Crippen LogP contribution in [0.4, 0.5) is 0 Å². The zero-order chi connectivity index (χ0) is 25.0. The Labute approximate surface area is 241 Å². The van der Waals surface area contributed by atoms with Crippen LogP contribution in [-0.4, -0.2) is 43.6 Å². The predicted octanol–water partition coefficient (Wildman–Crippen LogP) is 10.1. The fourth-order valence-electron chi connectivity index (χ4n) is 5.14. The van der Waals surface area contributed by atoms with E-state index in [0.717, 1.165) is 34.6 Å². The maximum Gasteiger partial charge on any atom is 0.147 e. The van der Waals surface area contributed by atoms with Gasteiger partial charge in [-0.1, -0.05) is 87.6 Å². The topological polar surface area (TPSA) is 6.48 Å². The summed E-state index contributed by atoms with van der Waals surface area (Å²) in [6, 6.07) is 8.10. The highest BCUT2D eigenvalue weighted by Crippen LogP contribution is 2.41. The van der Waals surface area contributed by atoms with Gasteiger partial charge in [-0.25, -0.2) is 0 Å². The molecule has 0 heterocycles. The molecule has 0 bridgehead atoms. The molecular formula is C27H42N2S6. The quantitative estimate of drug-likeness (QED) is 0.195. The van der Waals surface area contributed by atoms with Crippen LogP contribution in [0, 0.1) is 6.92 Å². The van der Waals surface area contributed by atoms with Gasteiger partial charge in [0.15, 0.2) is 0 Å². The summed E-state index contributed by atoms with van der Waals surface area (Å²) in [5.74, 6) is 0. The molecule has 1 aromatic rings. The van der Waals surface area contributed by atoms with Gasteiger partial charge in [-0.15, -0.1) is 0 Å².